The molecule has 0 saturated heterocycles. The van der Waals surface area contributed by atoms with E-state index in [2.05, 4.69) is 24.3 Å². The molecule has 0 aliphatic rings. The maximum absolute atomic E-state index is 8.52. The first-order valence-electron chi connectivity index (χ1n) is 8.19. The minimum absolute atomic E-state index is 0.240. The van der Waals surface area contributed by atoms with Gasteiger partial charge in [-0.2, -0.15) is 0 Å². The van der Waals surface area contributed by atoms with Crippen molar-refractivity contribution in [1.82, 2.24) is 0 Å². The predicted molar refractivity (Wildman–Crippen MR) is 98.6 cm³/mol. The third-order valence-corrected chi connectivity index (χ3v) is 3.47. The standard InChI is InChI=1S/C14H14O.C8H10O/c1-3-7-13(8-4-1)11-15-12-14-9-5-2-6-10-14;9-7-6-8-4-2-1-3-5-8/h1-10H,11-12H2;1-5,9H,6-7H2. The van der Waals surface area contributed by atoms with Crippen molar-refractivity contribution in [2.45, 2.75) is 19.6 Å². The molecular weight excluding hydrogens is 296 g/mol. The van der Waals surface area contributed by atoms with Crippen molar-refractivity contribution < 1.29 is 9.84 Å². The van der Waals surface area contributed by atoms with Crippen LogP contribution < -0.4 is 0 Å². The summed E-state index contributed by atoms with van der Waals surface area (Å²) in [7, 11) is 0. The van der Waals surface area contributed by atoms with Gasteiger partial charge >= 0.3 is 0 Å². The maximum atomic E-state index is 8.52. The second-order valence-electron chi connectivity index (χ2n) is 5.42. The maximum Gasteiger partial charge on any atom is 0.0721 e. The minimum atomic E-state index is 0.240. The van der Waals surface area contributed by atoms with Crippen LogP contribution in [0.1, 0.15) is 16.7 Å². The van der Waals surface area contributed by atoms with Gasteiger partial charge in [-0.1, -0.05) is 91.0 Å². The molecule has 2 heteroatoms. The number of hydrogen-bond donors (Lipinski definition) is 1. The molecule has 0 unspecified atom stereocenters. The highest BCUT2D eigenvalue weighted by Gasteiger charge is 1.93. The molecule has 0 atom stereocenters. The third kappa shape index (κ3) is 7.23. The number of hydrogen-bond acceptors (Lipinski definition) is 2. The van der Waals surface area contributed by atoms with Gasteiger partial charge < -0.3 is 9.84 Å². The monoisotopic (exact) mass is 320 g/mol. The van der Waals surface area contributed by atoms with Gasteiger partial charge in [0, 0.05) is 6.61 Å². The predicted octanol–water partition coefficient (Wildman–Crippen LogP) is 4.62. The van der Waals surface area contributed by atoms with Crippen molar-refractivity contribution in [2.24, 2.45) is 0 Å². The van der Waals surface area contributed by atoms with Crippen molar-refractivity contribution in [1.29, 1.82) is 0 Å². The molecular formula is C22H24O2. The summed E-state index contributed by atoms with van der Waals surface area (Å²) in [5.41, 5.74) is 3.63. The molecule has 0 fully saturated rings. The Morgan fingerprint density at radius 2 is 0.917 bits per heavy atom. The molecule has 0 saturated carbocycles. The van der Waals surface area contributed by atoms with E-state index in [0.29, 0.717) is 13.2 Å². The highest BCUT2D eigenvalue weighted by Crippen LogP contribution is 2.05. The molecule has 0 heterocycles. The summed E-state index contributed by atoms with van der Waals surface area (Å²) in [6, 6.07) is 30.4. The summed E-state index contributed by atoms with van der Waals surface area (Å²) in [5, 5.41) is 8.52. The van der Waals surface area contributed by atoms with Crippen LogP contribution in [0.3, 0.4) is 0 Å². The zero-order chi connectivity index (χ0) is 16.9. The molecule has 2 nitrogen and oxygen atoms in total. The lowest BCUT2D eigenvalue weighted by atomic mass is 10.2. The first-order chi connectivity index (χ1) is 11.9. The van der Waals surface area contributed by atoms with Crippen LogP contribution in [0.5, 0.6) is 0 Å². The molecule has 24 heavy (non-hydrogen) atoms. The van der Waals surface area contributed by atoms with Gasteiger partial charge in [-0.25, -0.2) is 0 Å². The Labute approximate surface area is 144 Å². The van der Waals surface area contributed by atoms with Crippen LogP contribution in [0.25, 0.3) is 0 Å². The molecule has 0 bridgehead atoms. The number of rotatable bonds is 6. The summed E-state index contributed by atoms with van der Waals surface area (Å²) in [5.74, 6) is 0. The lowest BCUT2D eigenvalue weighted by Crippen LogP contribution is -1.93. The van der Waals surface area contributed by atoms with Crippen LogP contribution >= 0.6 is 0 Å². The van der Waals surface area contributed by atoms with E-state index >= 15 is 0 Å². The summed E-state index contributed by atoms with van der Waals surface area (Å²) in [6.07, 6.45) is 0.765. The quantitative estimate of drug-likeness (QED) is 0.718. The van der Waals surface area contributed by atoms with E-state index in [0.717, 1.165) is 6.42 Å². The number of benzene rings is 3. The minimum Gasteiger partial charge on any atom is -0.396 e. The lowest BCUT2D eigenvalue weighted by molar-refractivity contribution is 0.107. The summed E-state index contributed by atoms with van der Waals surface area (Å²) < 4.78 is 5.61. The Morgan fingerprint density at radius 3 is 1.29 bits per heavy atom. The molecule has 0 spiro atoms. The van der Waals surface area contributed by atoms with Crippen LogP contribution in [0.15, 0.2) is 91.0 Å². The second-order valence-corrected chi connectivity index (χ2v) is 5.42. The van der Waals surface area contributed by atoms with E-state index in [4.69, 9.17) is 9.84 Å². The fraction of sp³-hybridized carbons (Fsp3) is 0.182. The summed E-state index contributed by atoms with van der Waals surface area (Å²) >= 11 is 0. The van der Waals surface area contributed by atoms with Gasteiger partial charge in [0.25, 0.3) is 0 Å². The highest BCUT2D eigenvalue weighted by atomic mass is 16.5. The zero-order valence-electron chi connectivity index (χ0n) is 13.8. The molecule has 0 aliphatic heterocycles. The van der Waals surface area contributed by atoms with Gasteiger partial charge in [-0.15, -0.1) is 0 Å². The lowest BCUT2D eigenvalue weighted by Gasteiger charge is -2.03. The average molecular weight is 320 g/mol. The van der Waals surface area contributed by atoms with E-state index in [-0.39, 0.29) is 6.61 Å². The molecule has 3 rings (SSSR count). The molecule has 0 aliphatic carbocycles. The Morgan fingerprint density at radius 1 is 0.542 bits per heavy atom. The van der Waals surface area contributed by atoms with Gasteiger partial charge in [0.2, 0.25) is 0 Å². The van der Waals surface area contributed by atoms with E-state index in [1.807, 2.05) is 66.7 Å². The van der Waals surface area contributed by atoms with Crippen LogP contribution in [-0.4, -0.2) is 11.7 Å². The van der Waals surface area contributed by atoms with Crippen molar-refractivity contribution in [3.05, 3.63) is 108 Å². The summed E-state index contributed by atoms with van der Waals surface area (Å²) in [6.45, 7) is 1.59. The van der Waals surface area contributed by atoms with Gasteiger partial charge in [-0.3, -0.25) is 0 Å². The van der Waals surface area contributed by atoms with Crippen molar-refractivity contribution in [3.8, 4) is 0 Å². The van der Waals surface area contributed by atoms with E-state index in [1.165, 1.54) is 16.7 Å². The van der Waals surface area contributed by atoms with Gasteiger partial charge in [0.1, 0.15) is 0 Å². The third-order valence-electron chi connectivity index (χ3n) is 3.47. The van der Waals surface area contributed by atoms with Crippen molar-refractivity contribution in [2.75, 3.05) is 6.61 Å². The van der Waals surface area contributed by atoms with Crippen LogP contribution in [0, 0.1) is 0 Å². The zero-order valence-corrected chi connectivity index (χ0v) is 13.8. The Hall–Kier alpha value is -2.42. The Bertz CT molecular complexity index is 612. The molecule has 0 aromatic heterocycles. The van der Waals surface area contributed by atoms with Gasteiger partial charge in [-0.05, 0) is 23.1 Å². The smallest absolute Gasteiger partial charge is 0.0721 e. The van der Waals surface area contributed by atoms with Crippen LogP contribution in [-0.2, 0) is 24.4 Å². The van der Waals surface area contributed by atoms with Crippen molar-refractivity contribution >= 4 is 0 Å². The Balaban J connectivity index is 0.000000198. The second kappa shape index (κ2) is 11.2. The van der Waals surface area contributed by atoms with Crippen LogP contribution in [0.4, 0.5) is 0 Å². The SMILES string of the molecule is OCCc1ccccc1.c1ccc(COCc2ccccc2)cc1. The number of ether oxygens (including phenoxy) is 1. The first-order valence-corrected chi connectivity index (χ1v) is 8.19. The molecule has 3 aromatic rings. The van der Waals surface area contributed by atoms with E-state index in [9.17, 15) is 0 Å². The van der Waals surface area contributed by atoms with Gasteiger partial charge in [0.15, 0.2) is 0 Å². The molecule has 1 N–H and O–H groups in total. The molecule has 3 aromatic carbocycles. The molecule has 124 valence electrons. The molecule has 0 amide bonds. The fourth-order valence-corrected chi connectivity index (χ4v) is 2.21. The first kappa shape index (κ1) is 17.9. The normalized spacial score (nSPS) is 9.88. The van der Waals surface area contributed by atoms with E-state index < -0.39 is 0 Å². The Kier molecular flexibility index (Phi) is 8.34. The highest BCUT2D eigenvalue weighted by molar-refractivity contribution is 5.15. The van der Waals surface area contributed by atoms with Crippen LogP contribution in [0.2, 0.25) is 0 Å². The summed E-state index contributed by atoms with van der Waals surface area (Å²) in [4.78, 5) is 0. The fourth-order valence-electron chi connectivity index (χ4n) is 2.21. The number of aliphatic hydroxyl groups excluding tert-OH is 1. The van der Waals surface area contributed by atoms with E-state index in [1.54, 1.807) is 0 Å². The van der Waals surface area contributed by atoms with Gasteiger partial charge in [0.05, 0.1) is 13.2 Å². The molecule has 0 radical (unpaired) electrons. The topological polar surface area (TPSA) is 29.5 Å². The average Bonchev–Trinajstić information content (AvgIpc) is 2.65. The largest absolute Gasteiger partial charge is 0.396 e. The van der Waals surface area contributed by atoms with Crippen molar-refractivity contribution in [3.63, 3.8) is 0 Å². The number of aliphatic hydroxyl groups is 1.